The Morgan fingerprint density at radius 3 is 1.89 bits per heavy atom. The summed E-state index contributed by atoms with van der Waals surface area (Å²) in [4.78, 5) is 0. The minimum absolute atomic E-state index is 0. The molecule has 1 fully saturated rings. The average molecular weight is 152 g/mol. The number of nitrogens with one attached hydrogen (secondary N) is 1. The third-order valence-corrected chi connectivity index (χ3v) is 1.30. The van der Waals surface area contributed by atoms with Crippen LogP contribution in [0, 0.1) is 0 Å². The van der Waals surface area contributed by atoms with Crippen molar-refractivity contribution < 1.29 is 4.74 Å². The van der Waals surface area contributed by atoms with Gasteiger partial charge in [-0.2, -0.15) is 0 Å². The Balaban J connectivity index is 0.000000640. The van der Waals surface area contributed by atoms with E-state index in [-0.39, 0.29) is 12.4 Å². The minimum atomic E-state index is 0. The topological polar surface area (TPSA) is 21.3 Å². The largest absolute Gasteiger partial charge is 0.378 e. The molecular weight excluding hydrogens is 138 g/mol. The van der Waals surface area contributed by atoms with Gasteiger partial charge in [-0.1, -0.05) is 0 Å². The smallest absolute Gasteiger partial charge is 0.0617 e. The Morgan fingerprint density at radius 2 is 1.67 bits per heavy atom. The van der Waals surface area contributed by atoms with Crippen molar-refractivity contribution >= 4 is 12.4 Å². The summed E-state index contributed by atoms with van der Waals surface area (Å²) >= 11 is 0. The molecule has 2 nitrogen and oxygen atoms in total. The first-order valence-corrected chi connectivity index (χ1v) is 3.13. The Labute approximate surface area is 62.4 Å². The molecule has 0 amide bonds. The molecule has 1 aliphatic rings. The summed E-state index contributed by atoms with van der Waals surface area (Å²) in [5.74, 6) is 0. The van der Waals surface area contributed by atoms with Crippen LogP contribution in [-0.2, 0) is 4.74 Å². The molecule has 0 aliphatic carbocycles. The summed E-state index contributed by atoms with van der Waals surface area (Å²) < 4.78 is 5.23. The summed E-state index contributed by atoms with van der Waals surface area (Å²) in [6, 6.07) is 1.08. The van der Waals surface area contributed by atoms with Gasteiger partial charge in [-0.05, 0) is 13.8 Å². The fourth-order valence-corrected chi connectivity index (χ4v) is 1.00. The summed E-state index contributed by atoms with van der Waals surface area (Å²) in [7, 11) is 0. The van der Waals surface area contributed by atoms with E-state index in [0.717, 1.165) is 13.2 Å². The molecule has 1 aliphatic heterocycles. The second-order valence-corrected chi connectivity index (χ2v) is 2.51. The fourth-order valence-electron chi connectivity index (χ4n) is 1.00. The van der Waals surface area contributed by atoms with Gasteiger partial charge in [0.1, 0.15) is 0 Å². The summed E-state index contributed by atoms with van der Waals surface area (Å²) in [6.07, 6.45) is 0. The first kappa shape index (κ1) is 9.21. The van der Waals surface area contributed by atoms with E-state index in [1.54, 1.807) is 0 Å². The summed E-state index contributed by atoms with van der Waals surface area (Å²) in [5.41, 5.74) is 0. The summed E-state index contributed by atoms with van der Waals surface area (Å²) in [5, 5.41) is 3.35. The third kappa shape index (κ3) is 3.04. The molecule has 0 aromatic carbocycles. The normalized spacial score (nSPS) is 35.3. The van der Waals surface area contributed by atoms with E-state index in [0.29, 0.717) is 12.1 Å². The molecule has 0 bridgehead atoms. The van der Waals surface area contributed by atoms with E-state index in [9.17, 15) is 0 Å². The lowest BCUT2D eigenvalue weighted by Gasteiger charge is -2.25. The zero-order valence-electron chi connectivity index (χ0n) is 5.89. The molecule has 3 heteroatoms. The average Bonchev–Trinajstić information content (AvgIpc) is 1.64. The monoisotopic (exact) mass is 151 g/mol. The van der Waals surface area contributed by atoms with Crippen molar-refractivity contribution in [1.82, 2.24) is 5.32 Å². The number of hydrogen-bond donors (Lipinski definition) is 1. The van der Waals surface area contributed by atoms with E-state index in [1.807, 2.05) is 0 Å². The molecule has 1 heterocycles. The van der Waals surface area contributed by atoms with E-state index >= 15 is 0 Å². The van der Waals surface area contributed by atoms with Gasteiger partial charge in [0.15, 0.2) is 0 Å². The van der Waals surface area contributed by atoms with Crippen LogP contribution in [-0.4, -0.2) is 25.3 Å². The second-order valence-electron chi connectivity index (χ2n) is 2.51. The maximum atomic E-state index is 5.23. The van der Waals surface area contributed by atoms with Crippen molar-refractivity contribution in [2.24, 2.45) is 0 Å². The molecule has 56 valence electrons. The highest BCUT2D eigenvalue weighted by Crippen LogP contribution is 1.96. The van der Waals surface area contributed by atoms with Gasteiger partial charge in [-0.25, -0.2) is 0 Å². The number of ether oxygens (including phenoxy) is 1. The number of morpholine rings is 1. The van der Waals surface area contributed by atoms with Crippen LogP contribution in [0.5, 0.6) is 0 Å². The van der Waals surface area contributed by atoms with Crippen molar-refractivity contribution in [1.29, 1.82) is 0 Å². The van der Waals surface area contributed by atoms with Crippen molar-refractivity contribution in [2.75, 3.05) is 13.2 Å². The quantitative estimate of drug-likeness (QED) is 0.553. The maximum Gasteiger partial charge on any atom is 0.0617 e. The molecular formula is C6H14ClNO. The number of rotatable bonds is 0. The molecule has 1 rings (SSSR count). The molecule has 0 unspecified atom stereocenters. The molecule has 0 spiro atoms. The Hall–Kier alpha value is 0.210. The van der Waals surface area contributed by atoms with Gasteiger partial charge >= 0.3 is 0 Å². The van der Waals surface area contributed by atoms with Crippen molar-refractivity contribution in [3.63, 3.8) is 0 Å². The van der Waals surface area contributed by atoms with Crippen LogP contribution in [0.2, 0.25) is 0 Å². The molecule has 1 N–H and O–H groups in total. The van der Waals surface area contributed by atoms with Crippen LogP contribution < -0.4 is 5.32 Å². The Kier molecular flexibility index (Phi) is 4.19. The van der Waals surface area contributed by atoms with Gasteiger partial charge < -0.3 is 10.1 Å². The lowest BCUT2D eigenvalue weighted by molar-refractivity contribution is 0.0560. The zero-order valence-corrected chi connectivity index (χ0v) is 6.70. The predicted molar refractivity (Wildman–Crippen MR) is 40.1 cm³/mol. The first-order valence-electron chi connectivity index (χ1n) is 3.13. The Morgan fingerprint density at radius 1 is 1.22 bits per heavy atom. The highest BCUT2D eigenvalue weighted by Gasteiger charge is 2.12. The highest BCUT2D eigenvalue weighted by molar-refractivity contribution is 5.85. The van der Waals surface area contributed by atoms with E-state index in [1.165, 1.54) is 0 Å². The van der Waals surface area contributed by atoms with Gasteiger partial charge in [0.25, 0.3) is 0 Å². The highest BCUT2D eigenvalue weighted by atomic mass is 35.5. The molecule has 0 saturated carbocycles. The Bertz CT molecular complexity index is 71.5. The molecule has 2 atom stereocenters. The van der Waals surface area contributed by atoms with Crippen LogP contribution >= 0.6 is 12.4 Å². The minimum Gasteiger partial charge on any atom is -0.378 e. The van der Waals surface area contributed by atoms with E-state index in [2.05, 4.69) is 19.2 Å². The lowest BCUT2D eigenvalue weighted by Crippen LogP contribution is -2.45. The molecule has 1 saturated heterocycles. The van der Waals surface area contributed by atoms with E-state index < -0.39 is 0 Å². The molecule has 0 aromatic rings. The standard InChI is InChI=1S/C6H13NO.ClH/c1-5-3-8-4-6(2)7-5;/h5-7H,3-4H2,1-2H3;1H/t5-,6-;/m1./s1. The number of hydrogen-bond acceptors (Lipinski definition) is 2. The van der Waals surface area contributed by atoms with Gasteiger partial charge in [-0.15, -0.1) is 12.4 Å². The van der Waals surface area contributed by atoms with Crippen LogP contribution in [0.1, 0.15) is 13.8 Å². The fraction of sp³-hybridized carbons (Fsp3) is 1.00. The van der Waals surface area contributed by atoms with Crippen LogP contribution in [0.15, 0.2) is 0 Å². The van der Waals surface area contributed by atoms with Gasteiger partial charge in [-0.3, -0.25) is 0 Å². The van der Waals surface area contributed by atoms with Gasteiger partial charge in [0.05, 0.1) is 13.2 Å². The second kappa shape index (κ2) is 4.09. The zero-order chi connectivity index (χ0) is 5.98. The first-order chi connectivity index (χ1) is 3.79. The SMILES string of the molecule is C[C@@H]1COC[C@@H](C)N1.Cl. The molecule has 9 heavy (non-hydrogen) atoms. The van der Waals surface area contributed by atoms with Gasteiger partial charge in [0, 0.05) is 12.1 Å². The molecule has 0 aromatic heterocycles. The van der Waals surface area contributed by atoms with Crippen LogP contribution in [0.3, 0.4) is 0 Å². The third-order valence-electron chi connectivity index (χ3n) is 1.30. The van der Waals surface area contributed by atoms with Crippen molar-refractivity contribution in [3.8, 4) is 0 Å². The lowest BCUT2D eigenvalue weighted by atomic mass is 10.2. The molecule has 0 radical (unpaired) electrons. The summed E-state index contributed by atoms with van der Waals surface area (Å²) in [6.45, 7) is 6.00. The number of halogens is 1. The van der Waals surface area contributed by atoms with Crippen molar-refractivity contribution in [2.45, 2.75) is 25.9 Å². The predicted octanol–water partition coefficient (Wildman–Crippen LogP) is 0.805. The van der Waals surface area contributed by atoms with Gasteiger partial charge in [0.2, 0.25) is 0 Å². The van der Waals surface area contributed by atoms with Crippen LogP contribution in [0.4, 0.5) is 0 Å². The van der Waals surface area contributed by atoms with E-state index in [4.69, 9.17) is 4.74 Å². The van der Waals surface area contributed by atoms with Crippen LogP contribution in [0.25, 0.3) is 0 Å². The maximum absolute atomic E-state index is 5.23. The van der Waals surface area contributed by atoms with Crippen molar-refractivity contribution in [3.05, 3.63) is 0 Å².